The van der Waals surface area contributed by atoms with Gasteiger partial charge >= 0.3 is 6.03 Å². The number of carbonyl (C=O) groups is 1. The number of aliphatic hydroxyl groups excluding tert-OH is 2. The van der Waals surface area contributed by atoms with Gasteiger partial charge in [-0.15, -0.1) is 0 Å². The van der Waals surface area contributed by atoms with Crippen LogP contribution < -0.4 is 11.1 Å². The van der Waals surface area contributed by atoms with Gasteiger partial charge in [0.1, 0.15) is 5.94 Å². The third-order valence-corrected chi connectivity index (χ3v) is 3.36. The molecule has 0 radical (unpaired) electrons. The van der Waals surface area contributed by atoms with Crippen LogP contribution >= 0.6 is 0 Å². The van der Waals surface area contributed by atoms with Crippen molar-refractivity contribution in [2.45, 2.75) is 11.5 Å². The quantitative estimate of drug-likeness (QED) is 0.574. The van der Waals surface area contributed by atoms with Gasteiger partial charge in [-0.3, -0.25) is 0 Å². The Hall–Kier alpha value is -1.64. The smallest absolute Gasteiger partial charge is 0.316 e. The zero-order valence-electron chi connectivity index (χ0n) is 8.75. The molecule has 0 saturated heterocycles. The third-order valence-electron chi connectivity index (χ3n) is 1.99. The van der Waals surface area contributed by atoms with Crippen molar-refractivity contribution in [3.63, 3.8) is 0 Å². The third kappa shape index (κ3) is 3.16. The molecule has 0 aliphatic heterocycles. The molecule has 0 spiro atoms. The number of nitrogens with one attached hydrogen (secondary N) is 1. The van der Waals surface area contributed by atoms with Crippen LogP contribution in [0.5, 0.6) is 0 Å². The Kier molecular flexibility index (Phi) is 4.05. The Bertz CT molecular complexity index is 526. The number of anilines is 1. The van der Waals surface area contributed by atoms with Gasteiger partial charge in [-0.1, -0.05) is 6.07 Å². The molecule has 94 valence electrons. The Labute approximate surface area is 97.8 Å². The van der Waals surface area contributed by atoms with Crippen molar-refractivity contribution in [1.82, 2.24) is 0 Å². The van der Waals surface area contributed by atoms with Gasteiger partial charge in [0.25, 0.3) is 0 Å². The fourth-order valence-electron chi connectivity index (χ4n) is 1.25. The SMILES string of the molecule is NC(=O)Nc1cc(CO)ccc1S(=O)(=O)CO. The number of primary amides is 1. The van der Waals surface area contributed by atoms with Gasteiger partial charge in [-0.25, -0.2) is 13.2 Å². The first-order valence-corrected chi connectivity index (χ1v) is 6.20. The number of hydrogen-bond acceptors (Lipinski definition) is 5. The lowest BCUT2D eigenvalue weighted by Crippen LogP contribution is -2.21. The standard InChI is InChI=1S/C9H12N2O5S/c10-9(14)11-7-3-6(4-12)1-2-8(7)17(15,16)5-13/h1-3,12-13H,4-5H2,(H3,10,11,14). The first kappa shape index (κ1) is 13.4. The summed E-state index contributed by atoms with van der Waals surface area (Å²) in [6.45, 7) is -0.313. The highest BCUT2D eigenvalue weighted by molar-refractivity contribution is 7.91. The number of nitrogens with two attached hydrogens (primary N) is 1. The van der Waals surface area contributed by atoms with Crippen LogP contribution in [0.25, 0.3) is 0 Å². The highest BCUT2D eigenvalue weighted by Gasteiger charge is 2.18. The van der Waals surface area contributed by atoms with Gasteiger partial charge in [-0.2, -0.15) is 0 Å². The topological polar surface area (TPSA) is 130 Å². The minimum atomic E-state index is -3.90. The van der Waals surface area contributed by atoms with Gasteiger partial charge in [0, 0.05) is 0 Å². The minimum absolute atomic E-state index is 0.0712. The van der Waals surface area contributed by atoms with Crippen molar-refractivity contribution in [2.75, 3.05) is 11.3 Å². The van der Waals surface area contributed by atoms with E-state index in [2.05, 4.69) is 5.32 Å². The number of carbonyl (C=O) groups excluding carboxylic acids is 1. The molecule has 0 unspecified atom stereocenters. The molecule has 2 amide bonds. The van der Waals surface area contributed by atoms with Crippen LogP contribution in [0.2, 0.25) is 0 Å². The van der Waals surface area contributed by atoms with E-state index in [0.717, 1.165) is 0 Å². The first-order chi connectivity index (χ1) is 7.90. The predicted molar refractivity (Wildman–Crippen MR) is 59.8 cm³/mol. The number of rotatable bonds is 4. The van der Waals surface area contributed by atoms with E-state index in [0.29, 0.717) is 5.56 Å². The van der Waals surface area contributed by atoms with Gasteiger partial charge in [0.2, 0.25) is 9.84 Å². The Morgan fingerprint density at radius 2 is 2.00 bits per heavy atom. The zero-order chi connectivity index (χ0) is 13.1. The molecule has 0 atom stereocenters. The van der Waals surface area contributed by atoms with Crippen molar-refractivity contribution < 1.29 is 23.4 Å². The number of urea groups is 1. The molecule has 17 heavy (non-hydrogen) atoms. The molecule has 8 heteroatoms. The maximum Gasteiger partial charge on any atom is 0.316 e. The summed E-state index contributed by atoms with van der Waals surface area (Å²) in [4.78, 5) is 10.5. The van der Waals surface area contributed by atoms with E-state index in [4.69, 9.17) is 15.9 Å². The van der Waals surface area contributed by atoms with Crippen LogP contribution in [0.4, 0.5) is 10.5 Å². The lowest BCUT2D eigenvalue weighted by Gasteiger charge is -2.10. The van der Waals surface area contributed by atoms with E-state index >= 15 is 0 Å². The summed E-state index contributed by atoms with van der Waals surface area (Å²) >= 11 is 0. The molecular weight excluding hydrogens is 248 g/mol. The van der Waals surface area contributed by atoms with E-state index in [1.807, 2.05) is 0 Å². The second-order valence-electron chi connectivity index (χ2n) is 3.22. The minimum Gasteiger partial charge on any atom is -0.392 e. The van der Waals surface area contributed by atoms with E-state index < -0.39 is 21.8 Å². The molecule has 7 nitrogen and oxygen atoms in total. The highest BCUT2D eigenvalue weighted by Crippen LogP contribution is 2.23. The first-order valence-electron chi connectivity index (χ1n) is 4.54. The summed E-state index contributed by atoms with van der Waals surface area (Å²) in [5.74, 6) is -1.08. The van der Waals surface area contributed by atoms with Gasteiger partial charge in [0.15, 0.2) is 0 Å². The van der Waals surface area contributed by atoms with Crippen molar-refractivity contribution >= 4 is 21.6 Å². The zero-order valence-corrected chi connectivity index (χ0v) is 9.57. The molecule has 1 aromatic carbocycles. The van der Waals surface area contributed by atoms with Crippen LogP contribution in [-0.2, 0) is 16.4 Å². The largest absolute Gasteiger partial charge is 0.392 e. The Morgan fingerprint density at radius 3 is 2.47 bits per heavy atom. The van der Waals surface area contributed by atoms with Crippen LogP contribution in [-0.4, -0.2) is 30.6 Å². The molecule has 0 saturated carbocycles. The number of aliphatic hydroxyl groups is 2. The Balaban J connectivity index is 3.34. The van der Waals surface area contributed by atoms with E-state index in [9.17, 15) is 13.2 Å². The molecule has 1 aromatic rings. The molecular formula is C9H12N2O5S. The molecule has 0 aromatic heterocycles. The lowest BCUT2D eigenvalue weighted by atomic mass is 10.2. The van der Waals surface area contributed by atoms with E-state index in [-0.39, 0.29) is 17.2 Å². The molecule has 0 aliphatic rings. The summed E-state index contributed by atoms with van der Waals surface area (Å²) in [6, 6.07) is 2.89. The van der Waals surface area contributed by atoms with Crippen molar-refractivity contribution in [3.8, 4) is 0 Å². The average Bonchev–Trinajstić information content (AvgIpc) is 2.27. The molecule has 0 heterocycles. The normalized spacial score (nSPS) is 11.2. The monoisotopic (exact) mass is 260 g/mol. The summed E-state index contributed by atoms with van der Waals surface area (Å²) in [7, 11) is -3.90. The second kappa shape index (κ2) is 5.13. The molecule has 5 N–H and O–H groups in total. The van der Waals surface area contributed by atoms with E-state index in [1.54, 1.807) is 0 Å². The summed E-state index contributed by atoms with van der Waals surface area (Å²) in [5.41, 5.74) is 5.24. The number of sulfone groups is 1. The molecule has 0 fully saturated rings. The molecule has 1 rings (SSSR count). The average molecular weight is 260 g/mol. The fourth-order valence-corrected chi connectivity index (χ4v) is 2.11. The maximum atomic E-state index is 11.5. The van der Waals surface area contributed by atoms with Crippen LogP contribution in [0.1, 0.15) is 5.56 Å². The van der Waals surface area contributed by atoms with Gasteiger partial charge in [-0.05, 0) is 17.7 Å². The summed E-state index contributed by atoms with van der Waals surface area (Å²) < 4.78 is 23.0. The van der Waals surface area contributed by atoms with Gasteiger partial charge < -0.3 is 21.3 Å². The fraction of sp³-hybridized carbons (Fsp3) is 0.222. The second-order valence-corrected chi connectivity index (χ2v) is 5.15. The number of benzene rings is 1. The van der Waals surface area contributed by atoms with Crippen LogP contribution in [0.3, 0.4) is 0 Å². The molecule has 0 aliphatic carbocycles. The van der Waals surface area contributed by atoms with Crippen molar-refractivity contribution in [1.29, 1.82) is 0 Å². The van der Waals surface area contributed by atoms with Crippen molar-refractivity contribution in [2.24, 2.45) is 5.73 Å². The Morgan fingerprint density at radius 1 is 1.35 bits per heavy atom. The maximum absolute atomic E-state index is 11.5. The van der Waals surface area contributed by atoms with Crippen LogP contribution in [0, 0.1) is 0 Å². The predicted octanol–water partition coefficient (Wildman–Crippen LogP) is -0.607. The van der Waals surface area contributed by atoms with Crippen LogP contribution in [0.15, 0.2) is 23.1 Å². The van der Waals surface area contributed by atoms with Gasteiger partial charge in [0.05, 0.1) is 17.2 Å². The molecule has 0 bridgehead atoms. The lowest BCUT2D eigenvalue weighted by molar-refractivity contribution is 0.259. The van der Waals surface area contributed by atoms with E-state index in [1.165, 1.54) is 18.2 Å². The number of amides is 2. The van der Waals surface area contributed by atoms with Crippen molar-refractivity contribution in [3.05, 3.63) is 23.8 Å². The number of hydrogen-bond donors (Lipinski definition) is 4. The highest BCUT2D eigenvalue weighted by atomic mass is 32.2. The summed E-state index contributed by atoms with van der Waals surface area (Å²) in [6.07, 6.45) is 0. The summed E-state index contributed by atoms with van der Waals surface area (Å²) in [5, 5.41) is 19.8.